The lowest BCUT2D eigenvalue weighted by Gasteiger charge is -2.21. The van der Waals surface area contributed by atoms with Crippen molar-refractivity contribution in [3.05, 3.63) is 131 Å². The number of hydrogen-bond acceptors (Lipinski definition) is 2. The number of nitrogens with zero attached hydrogens (tertiary/aromatic N) is 2. The van der Waals surface area contributed by atoms with E-state index in [2.05, 4.69) is 122 Å². The van der Waals surface area contributed by atoms with E-state index in [4.69, 9.17) is 4.42 Å². The second-order valence-corrected chi connectivity index (χ2v) is 12.3. The van der Waals surface area contributed by atoms with Gasteiger partial charge in [-0.05, 0) is 83.1 Å². The van der Waals surface area contributed by atoms with Crippen LogP contribution < -0.4 is 0 Å². The largest absolute Gasteiger partial charge is 0.456 e. The van der Waals surface area contributed by atoms with E-state index in [9.17, 15) is 5.26 Å². The molecule has 0 fully saturated rings. The summed E-state index contributed by atoms with van der Waals surface area (Å²) >= 11 is 0. The summed E-state index contributed by atoms with van der Waals surface area (Å²) in [4.78, 5) is 0. The minimum absolute atomic E-state index is 0.148. The van der Waals surface area contributed by atoms with Gasteiger partial charge in [0.05, 0.1) is 22.8 Å². The number of para-hydroxylation sites is 1. The molecule has 2 aromatic heterocycles. The van der Waals surface area contributed by atoms with E-state index in [1.165, 1.54) is 44.4 Å². The van der Waals surface area contributed by atoms with Gasteiger partial charge in [0.1, 0.15) is 11.2 Å². The number of fused-ring (bicyclic) bond motifs is 10. The zero-order valence-corrected chi connectivity index (χ0v) is 24.1. The average Bonchev–Trinajstić information content (AvgIpc) is 3.66. The van der Waals surface area contributed by atoms with Gasteiger partial charge in [-0.3, -0.25) is 0 Å². The third-order valence-corrected chi connectivity index (χ3v) is 9.69. The smallest absolute Gasteiger partial charge is 0.140 e. The Hall–Kier alpha value is -5.33. The standard InChI is InChI=1S/C40H28N2O/c1-40(2)33-12-6-3-9-27(33)30-18-19-31-32-22-25(16-20-37(32)43-39(31)38(30)40)26-17-15-24(23-41)21-36(26)42-34-13-7-4-10-28(34)29-11-5-8-14-35(29)42/h3-4,6-10,12-22H,5,11H2,1-2H3. The van der Waals surface area contributed by atoms with E-state index in [1.807, 2.05) is 12.1 Å². The summed E-state index contributed by atoms with van der Waals surface area (Å²) in [6, 6.07) is 36.8. The minimum atomic E-state index is -0.148. The van der Waals surface area contributed by atoms with Crippen LogP contribution in [-0.2, 0) is 11.8 Å². The number of allylic oxidation sites excluding steroid dienone is 1. The van der Waals surface area contributed by atoms with E-state index in [0.717, 1.165) is 51.6 Å². The number of rotatable bonds is 2. The molecule has 9 rings (SSSR count). The van der Waals surface area contributed by atoms with Crippen molar-refractivity contribution in [2.75, 3.05) is 0 Å². The van der Waals surface area contributed by atoms with E-state index in [1.54, 1.807) is 0 Å². The molecule has 0 radical (unpaired) electrons. The summed E-state index contributed by atoms with van der Waals surface area (Å²) in [6.07, 6.45) is 6.56. The Morgan fingerprint density at radius 3 is 2.53 bits per heavy atom. The maximum atomic E-state index is 9.90. The zero-order chi connectivity index (χ0) is 28.9. The number of hydrogen-bond donors (Lipinski definition) is 0. The Morgan fingerprint density at radius 1 is 0.791 bits per heavy atom. The van der Waals surface area contributed by atoms with Crippen molar-refractivity contribution >= 4 is 38.9 Å². The molecule has 5 aromatic carbocycles. The second kappa shape index (κ2) is 8.60. The van der Waals surface area contributed by atoms with Crippen LogP contribution in [-0.4, -0.2) is 4.57 Å². The number of aromatic nitrogens is 1. The molecule has 7 aromatic rings. The van der Waals surface area contributed by atoms with Crippen LogP contribution in [0.4, 0.5) is 0 Å². The van der Waals surface area contributed by atoms with Crippen LogP contribution in [0.25, 0.3) is 66.9 Å². The first-order chi connectivity index (χ1) is 21.0. The third kappa shape index (κ3) is 3.24. The lowest BCUT2D eigenvalue weighted by atomic mass is 9.82. The zero-order valence-electron chi connectivity index (χ0n) is 24.1. The quantitative estimate of drug-likeness (QED) is 0.214. The van der Waals surface area contributed by atoms with Gasteiger partial charge in [0.2, 0.25) is 0 Å². The van der Waals surface area contributed by atoms with E-state index >= 15 is 0 Å². The van der Waals surface area contributed by atoms with Gasteiger partial charge in [0, 0.05) is 38.4 Å². The molecule has 0 aliphatic heterocycles. The lowest BCUT2D eigenvalue weighted by Crippen LogP contribution is -2.15. The predicted molar refractivity (Wildman–Crippen MR) is 176 cm³/mol. The average molecular weight is 553 g/mol. The van der Waals surface area contributed by atoms with E-state index in [-0.39, 0.29) is 5.41 Å². The molecular weight excluding hydrogens is 524 g/mol. The second-order valence-electron chi connectivity index (χ2n) is 12.3. The third-order valence-electron chi connectivity index (χ3n) is 9.69. The molecule has 0 N–H and O–H groups in total. The summed E-state index contributed by atoms with van der Waals surface area (Å²) < 4.78 is 9.01. The normalized spacial score (nSPS) is 14.6. The Balaban J connectivity index is 1.29. The molecule has 204 valence electrons. The van der Waals surface area contributed by atoms with Crippen molar-refractivity contribution in [3.63, 3.8) is 0 Å². The highest BCUT2D eigenvalue weighted by molar-refractivity contribution is 6.10. The summed E-state index contributed by atoms with van der Waals surface area (Å²) in [7, 11) is 0. The SMILES string of the molecule is CC1(C)c2ccccc2-c2ccc3c(oc4ccc(-c5ccc(C#N)cc5-n5c6c(c7ccccc75)CCC=C6)cc43)c21. The van der Waals surface area contributed by atoms with Crippen molar-refractivity contribution in [1.82, 2.24) is 4.57 Å². The predicted octanol–water partition coefficient (Wildman–Crippen LogP) is 10.3. The fourth-order valence-electron chi connectivity index (χ4n) is 7.73. The summed E-state index contributed by atoms with van der Waals surface area (Å²) in [5.74, 6) is 0. The van der Waals surface area contributed by atoms with E-state index in [0.29, 0.717) is 5.56 Å². The Morgan fingerprint density at radius 2 is 1.63 bits per heavy atom. The van der Waals surface area contributed by atoms with Crippen LogP contribution in [0.3, 0.4) is 0 Å². The van der Waals surface area contributed by atoms with Gasteiger partial charge in [-0.2, -0.15) is 5.26 Å². The van der Waals surface area contributed by atoms with Gasteiger partial charge in [-0.25, -0.2) is 0 Å². The molecule has 0 amide bonds. The first-order valence-electron chi connectivity index (χ1n) is 15.0. The highest BCUT2D eigenvalue weighted by Gasteiger charge is 2.38. The van der Waals surface area contributed by atoms with Gasteiger partial charge in [-0.15, -0.1) is 0 Å². The summed E-state index contributed by atoms with van der Waals surface area (Å²) in [6.45, 7) is 4.60. The van der Waals surface area contributed by atoms with Gasteiger partial charge in [-0.1, -0.05) is 80.6 Å². The van der Waals surface area contributed by atoms with Crippen molar-refractivity contribution in [3.8, 4) is 34.0 Å². The highest BCUT2D eigenvalue weighted by Crippen LogP contribution is 2.52. The highest BCUT2D eigenvalue weighted by atomic mass is 16.3. The monoisotopic (exact) mass is 552 g/mol. The topological polar surface area (TPSA) is 41.9 Å². The molecule has 0 spiro atoms. The molecule has 0 bridgehead atoms. The number of furan rings is 1. The van der Waals surface area contributed by atoms with Crippen LogP contribution in [0, 0.1) is 11.3 Å². The van der Waals surface area contributed by atoms with Gasteiger partial charge in [0.25, 0.3) is 0 Å². The molecule has 2 aliphatic rings. The van der Waals surface area contributed by atoms with Crippen LogP contribution in [0.15, 0.2) is 108 Å². The molecule has 0 atom stereocenters. The minimum Gasteiger partial charge on any atom is -0.456 e. The fourth-order valence-corrected chi connectivity index (χ4v) is 7.73. The van der Waals surface area contributed by atoms with Crippen LogP contribution in [0.2, 0.25) is 0 Å². The Labute approximate surface area is 249 Å². The Bertz CT molecular complexity index is 2390. The summed E-state index contributed by atoms with van der Waals surface area (Å²) in [5, 5.41) is 13.4. The van der Waals surface area contributed by atoms with Gasteiger partial charge < -0.3 is 8.98 Å². The summed E-state index contributed by atoms with van der Waals surface area (Å²) in [5.41, 5.74) is 14.5. The van der Waals surface area contributed by atoms with Gasteiger partial charge >= 0.3 is 0 Å². The molecule has 0 unspecified atom stereocenters. The molecule has 2 heterocycles. The maximum Gasteiger partial charge on any atom is 0.140 e. The molecular formula is C40H28N2O. The number of aryl methyl sites for hydroxylation is 1. The molecule has 2 aliphatic carbocycles. The number of benzene rings is 5. The molecule has 0 saturated carbocycles. The van der Waals surface area contributed by atoms with Crippen molar-refractivity contribution in [2.24, 2.45) is 0 Å². The maximum absolute atomic E-state index is 9.90. The van der Waals surface area contributed by atoms with Crippen LogP contribution >= 0.6 is 0 Å². The van der Waals surface area contributed by atoms with Crippen LogP contribution in [0.5, 0.6) is 0 Å². The first-order valence-corrected chi connectivity index (χ1v) is 15.0. The van der Waals surface area contributed by atoms with Crippen molar-refractivity contribution in [2.45, 2.75) is 32.1 Å². The van der Waals surface area contributed by atoms with Gasteiger partial charge in [0.15, 0.2) is 0 Å². The molecule has 0 saturated heterocycles. The fraction of sp³-hybridized carbons (Fsp3) is 0.125. The molecule has 3 nitrogen and oxygen atoms in total. The van der Waals surface area contributed by atoms with Crippen molar-refractivity contribution < 1.29 is 4.42 Å². The van der Waals surface area contributed by atoms with E-state index < -0.39 is 0 Å². The molecule has 43 heavy (non-hydrogen) atoms. The Kier molecular flexibility index (Phi) is 4.86. The van der Waals surface area contributed by atoms with Crippen LogP contribution in [0.1, 0.15) is 48.2 Å². The van der Waals surface area contributed by atoms with Crippen molar-refractivity contribution in [1.29, 1.82) is 5.26 Å². The first kappa shape index (κ1) is 24.3. The molecule has 3 heteroatoms. The lowest BCUT2D eigenvalue weighted by molar-refractivity contribution is 0.620. The number of nitriles is 1.